The number of hydrogen-bond donors (Lipinski definition) is 2. The molecule has 0 atom stereocenters. The fourth-order valence-electron chi connectivity index (χ4n) is 3.83. The van der Waals surface area contributed by atoms with E-state index in [2.05, 4.69) is 64.4 Å². The maximum absolute atomic E-state index is 4.49. The molecule has 1 saturated heterocycles. The number of rotatable bonds is 1. The minimum absolute atomic E-state index is 0.524. The molecule has 0 amide bonds. The first-order valence-corrected chi connectivity index (χ1v) is 9.40. The molecule has 2 aromatic heterocycles. The standard InChI is InChI=1S/C23H25N3/c1-15-12-20(13-16(2)25-15)23-17(3)21-7-6-19(14-22(21)26-23)5-4-18-8-10-24-11-9-18/h6-7,12-14,18,24,26H,8-11H2,1-3H3. The summed E-state index contributed by atoms with van der Waals surface area (Å²) >= 11 is 0. The zero-order valence-electron chi connectivity index (χ0n) is 15.7. The largest absolute Gasteiger partial charge is 0.354 e. The average Bonchev–Trinajstić information content (AvgIpc) is 2.96. The third-order valence-corrected chi connectivity index (χ3v) is 5.19. The monoisotopic (exact) mass is 343 g/mol. The third kappa shape index (κ3) is 3.38. The molecule has 3 aromatic rings. The van der Waals surface area contributed by atoms with Gasteiger partial charge >= 0.3 is 0 Å². The van der Waals surface area contributed by atoms with Crippen LogP contribution in [-0.4, -0.2) is 23.1 Å². The van der Waals surface area contributed by atoms with Crippen LogP contribution in [0.2, 0.25) is 0 Å². The maximum atomic E-state index is 4.49. The first-order valence-electron chi connectivity index (χ1n) is 9.40. The van der Waals surface area contributed by atoms with E-state index in [1.54, 1.807) is 0 Å². The Balaban J connectivity index is 1.70. The van der Waals surface area contributed by atoms with Crippen molar-refractivity contribution in [1.82, 2.24) is 15.3 Å². The van der Waals surface area contributed by atoms with E-state index >= 15 is 0 Å². The van der Waals surface area contributed by atoms with Crippen LogP contribution in [0.1, 0.15) is 35.4 Å². The molecular formula is C23H25N3. The van der Waals surface area contributed by atoms with Gasteiger partial charge in [0.15, 0.2) is 0 Å². The van der Waals surface area contributed by atoms with Gasteiger partial charge in [-0.15, -0.1) is 0 Å². The number of benzene rings is 1. The molecule has 132 valence electrons. The molecule has 0 aliphatic carbocycles. The van der Waals surface area contributed by atoms with Crippen molar-refractivity contribution >= 4 is 10.9 Å². The second-order valence-electron chi connectivity index (χ2n) is 7.32. The highest BCUT2D eigenvalue weighted by Crippen LogP contribution is 2.30. The number of aromatic amines is 1. The zero-order chi connectivity index (χ0) is 18.1. The molecule has 2 N–H and O–H groups in total. The highest BCUT2D eigenvalue weighted by Gasteiger charge is 2.12. The number of aryl methyl sites for hydroxylation is 3. The molecule has 0 radical (unpaired) electrons. The van der Waals surface area contributed by atoms with E-state index in [9.17, 15) is 0 Å². The van der Waals surface area contributed by atoms with Crippen LogP contribution >= 0.6 is 0 Å². The molecule has 3 heterocycles. The lowest BCUT2D eigenvalue weighted by molar-refractivity contribution is 0.447. The summed E-state index contributed by atoms with van der Waals surface area (Å²) in [6.45, 7) is 8.44. The minimum atomic E-state index is 0.524. The van der Waals surface area contributed by atoms with E-state index in [4.69, 9.17) is 0 Å². The summed E-state index contributed by atoms with van der Waals surface area (Å²) in [5, 5.41) is 4.66. The minimum Gasteiger partial charge on any atom is -0.354 e. The molecule has 1 aromatic carbocycles. The fraction of sp³-hybridized carbons (Fsp3) is 0.348. The van der Waals surface area contributed by atoms with Crippen molar-refractivity contribution < 1.29 is 0 Å². The molecule has 1 fully saturated rings. The Hall–Kier alpha value is -2.57. The molecule has 3 nitrogen and oxygen atoms in total. The number of nitrogens with one attached hydrogen (secondary N) is 2. The van der Waals surface area contributed by atoms with E-state index < -0.39 is 0 Å². The van der Waals surface area contributed by atoms with Crippen molar-refractivity contribution in [3.8, 4) is 23.1 Å². The summed E-state index contributed by atoms with van der Waals surface area (Å²) in [6, 6.07) is 10.8. The Morgan fingerprint density at radius 1 is 1.00 bits per heavy atom. The average molecular weight is 343 g/mol. The van der Waals surface area contributed by atoms with Crippen molar-refractivity contribution in [1.29, 1.82) is 0 Å². The second-order valence-corrected chi connectivity index (χ2v) is 7.32. The van der Waals surface area contributed by atoms with Gasteiger partial charge in [-0.2, -0.15) is 0 Å². The third-order valence-electron chi connectivity index (χ3n) is 5.19. The van der Waals surface area contributed by atoms with Crippen LogP contribution < -0.4 is 5.32 Å². The second kappa shape index (κ2) is 6.97. The number of hydrogen-bond acceptors (Lipinski definition) is 2. The van der Waals surface area contributed by atoms with Crippen LogP contribution in [0.4, 0.5) is 0 Å². The normalized spacial score (nSPS) is 15.0. The summed E-state index contributed by atoms with van der Waals surface area (Å²) in [5.41, 5.74) is 8.00. The van der Waals surface area contributed by atoms with Crippen molar-refractivity contribution in [3.63, 3.8) is 0 Å². The van der Waals surface area contributed by atoms with Crippen molar-refractivity contribution in [2.24, 2.45) is 5.92 Å². The number of H-pyrrole nitrogens is 1. The van der Waals surface area contributed by atoms with E-state index in [1.807, 2.05) is 13.8 Å². The topological polar surface area (TPSA) is 40.7 Å². The molecule has 1 aliphatic rings. The molecule has 0 spiro atoms. The molecule has 0 saturated carbocycles. The Morgan fingerprint density at radius 2 is 1.73 bits per heavy atom. The van der Waals surface area contributed by atoms with Gasteiger partial charge in [0.05, 0.1) is 0 Å². The quantitative estimate of drug-likeness (QED) is 0.639. The van der Waals surface area contributed by atoms with E-state index in [1.165, 1.54) is 22.2 Å². The van der Waals surface area contributed by atoms with Gasteiger partial charge < -0.3 is 10.3 Å². The van der Waals surface area contributed by atoms with Crippen LogP contribution in [0.5, 0.6) is 0 Å². The van der Waals surface area contributed by atoms with Crippen molar-refractivity contribution in [2.75, 3.05) is 13.1 Å². The predicted molar refractivity (Wildman–Crippen MR) is 108 cm³/mol. The Labute approximate surface area is 155 Å². The number of nitrogens with zero attached hydrogens (tertiary/aromatic N) is 1. The van der Waals surface area contributed by atoms with E-state index in [-0.39, 0.29) is 0 Å². The van der Waals surface area contributed by atoms with Gasteiger partial charge in [0.25, 0.3) is 0 Å². The van der Waals surface area contributed by atoms with Gasteiger partial charge in [0.1, 0.15) is 0 Å². The Bertz CT molecular complexity index is 991. The van der Waals surface area contributed by atoms with Crippen LogP contribution in [0, 0.1) is 38.5 Å². The van der Waals surface area contributed by atoms with Crippen molar-refractivity contribution in [3.05, 3.63) is 52.8 Å². The van der Waals surface area contributed by atoms with Crippen molar-refractivity contribution in [2.45, 2.75) is 33.6 Å². The lowest BCUT2D eigenvalue weighted by Gasteiger charge is -2.17. The summed E-state index contributed by atoms with van der Waals surface area (Å²) in [5.74, 6) is 7.37. The molecule has 0 bridgehead atoms. The summed E-state index contributed by atoms with van der Waals surface area (Å²) in [6.07, 6.45) is 2.31. The molecule has 0 unspecified atom stereocenters. The molecule has 1 aliphatic heterocycles. The van der Waals surface area contributed by atoms with Crippen LogP contribution in [0.25, 0.3) is 22.2 Å². The number of piperidine rings is 1. The molecule has 3 heteroatoms. The Kier molecular flexibility index (Phi) is 4.53. The van der Waals surface area contributed by atoms with Crippen LogP contribution in [0.15, 0.2) is 30.3 Å². The summed E-state index contributed by atoms with van der Waals surface area (Å²) in [4.78, 5) is 8.10. The number of pyridine rings is 1. The smallest absolute Gasteiger partial charge is 0.0495 e. The van der Waals surface area contributed by atoms with E-state index in [0.29, 0.717) is 5.92 Å². The molecule has 4 rings (SSSR count). The maximum Gasteiger partial charge on any atom is 0.0495 e. The zero-order valence-corrected chi connectivity index (χ0v) is 15.7. The lowest BCUT2D eigenvalue weighted by atomic mass is 9.98. The Morgan fingerprint density at radius 3 is 2.46 bits per heavy atom. The van der Waals surface area contributed by atoms with Gasteiger partial charge in [0.2, 0.25) is 0 Å². The summed E-state index contributed by atoms with van der Waals surface area (Å²) < 4.78 is 0. The highest BCUT2D eigenvalue weighted by atomic mass is 14.9. The number of aromatic nitrogens is 2. The summed E-state index contributed by atoms with van der Waals surface area (Å²) in [7, 11) is 0. The number of fused-ring (bicyclic) bond motifs is 1. The van der Waals surface area contributed by atoms with Gasteiger partial charge in [-0.05, 0) is 76.5 Å². The van der Waals surface area contributed by atoms with Gasteiger partial charge in [-0.25, -0.2) is 0 Å². The molecular weight excluding hydrogens is 318 g/mol. The predicted octanol–water partition coefficient (Wildman–Crippen LogP) is 4.51. The van der Waals surface area contributed by atoms with Gasteiger partial charge in [-0.1, -0.05) is 17.9 Å². The SMILES string of the molecule is Cc1cc(-c2[nH]c3cc(C#CC4CCNCC4)ccc3c2C)cc(C)n1. The highest BCUT2D eigenvalue weighted by molar-refractivity contribution is 5.91. The lowest BCUT2D eigenvalue weighted by Crippen LogP contribution is -2.26. The first kappa shape index (κ1) is 16.9. The first-order chi connectivity index (χ1) is 12.6. The van der Waals surface area contributed by atoms with Crippen LogP contribution in [0.3, 0.4) is 0 Å². The van der Waals surface area contributed by atoms with Gasteiger partial charge in [0, 0.05) is 45.0 Å². The fourth-order valence-corrected chi connectivity index (χ4v) is 3.83. The van der Waals surface area contributed by atoms with E-state index in [0.717, 1.165) is 48.4 Å². The van der Waals surface area contributed by atoms with Gasteiger partial charge in [-0.3, -0.25) is 4.98 Å². The van der Waals surface area contributed by atoms with Crippen LogP contribution in [-0.2, 0) is 0 Å². The molecule has 26 heavy (non-hydrogen) atoms.